The molecule has 1 aromatic heterocycles. The monoisotopic (exact) mass is 190 g/mol. The van der Waals surface area contributed by atoms with Gasteiger partial charge < -0.3 is 15.4 Å². The van der Waals surface area contributed by atoms with Crippen LogP contribution in [0.15, 0.2) is 24.3 Å². The highest BCUT2D eigenvalue weighted by Crippen LogP contribution is 2.20. The molecule has 0 radical (unpaired) electrons. The van der Waals surface area contributed by atoms with Crippen molar-refractivity contribution >= 4 is 10.9 Å². The minimum Gasteiger partial charge on any atom is -0.508 e. The van der Waals surface area contributed by atoms with Crippen molar-refractivity contribution in [1.82, 2.24) is 10.3 Å². The normalized spacial score (nSPS) is 10.9. The summed E-state index contributed by atoms with van der Waals surface area (Å²) in [5.41, 5.74) is 2.21. The summed E-state index contributed by atoms with van der Waals surface area (Å²) >= 11 is 0. The third kappa shape index (κ3) is 1.72. The van der Waals surface area contributed by atoms with Gasteiger partial charge in [0, 0.05) is 23.1 Å². The molecule has 3 nitrogen and oxygen atoms in total. The molecular weight excluding hydrogens is 176 g/mol. The van der Waals surface area contributed by atoms with Crippen LogP contribution in [-0.4, -0.2) is 16.6 Å². The molecule has 0 bridgehead atoms. The van der Waals surface area contributed by atoms with Crippen molar-refractivity contribution in [2.75, 3.05) is 6.54 Å². The SMILES string of the molecule is CCNCc1cc2cc(O)ccc2[nH]1. The number of aromatic amines is 1. The predicted octanol–water partition coefficient (Wildman–Crippen LogP) is 1.98. The third-order valence-corrected chi connectivity index (χ3v) is 2.23. The number of H-pyrrole nitrogens is 1. The summed E-state index contributed by atoms with van der Waals surface area (Å²) in [5, 5.41) is 13.6. The van der Waals surface area contributed by atoms with Gasteiger partial charge in [0.1, 0.15) is 5.75 Å². The maximum Gasteiger partial charge on any atom is 0.116 e. The maximum atomic E-state index is 9.29. The van der Waals surface area contributed by atoms with Gasteiger partial charge in [-0.3, -0.25) is 0 Å². The highest BCUT2D eigenvalue weighted by atomic mass is 16.3. The lowest BCUT2D eigenvalue weighted by molar-refractivity contribution is 0.476. The molecule has 0 unspecified atom stereocenters. The van der Waals surface area contributed by atoms with Gasteiger partial charge in [-0.15, -0.1) is 0 Å². The average molecular weight is 190 g/mol. The molecule has 2 rings (SSSR count). The molecule has 1 aromatic carbocycles. The van der Waals surface area contributed by atoms with Gasteiger partial charge in [0.05, 0.1) is 0 Å². The number of hydrogen-bond donors (Lipinski definition) is 3. The molecule has 0 aliphatic rings. The van der Waals surface area contributed by atoms with Gasteiger partial charge in [-0.1, -0.05) is 6.92 Å². The molecule has 3 N–H and O–H groups in total. The summed E-state index contributed by atoms with van der Waals surface area (Å²) in [5.74, 6) is 0.312. The fourth-order valence-corrected chi connectivity index (χ4v) is 1.54. The van der Waals surface area contributed by atoms with Crippen LogP contribution in [0.2, 0.25) is 0 Å². The van der Waals surface area contributed by atoms with E-state index in [4.69, 9.17) is 0 Å². The van der Waals surface area contributed by atoms with Crippen LogP contribution in [0.3, 0.4) is 0 Å². The molecule has 0 aliphatic heterocycles. The lowest BCUT2D eigenvalue weighted by atomic mass is 10.2. The summed E-state index contributed by atoms with van der Waals surface area (Å²) in [4.78, 5) is 3.28. The fraction of sp³-hybridized carbons (Fsp3) is 0.273. The van der Waals surface area contributed by atoms with E-state index in [1.807, 2.05) is 6.07 Å². The van der Waals surface area contributed by atoms with Crippen LogP contribution in [-0.2, 0) is 6.54 Å². The Kier molecular flexibility index (Phi) is 2.41. The summed E-state index contributed by atoms with van der Waals surface area (Å²) in [6, 6.07) is 7.40. The van der Waals surface area contributed by atoms with Crippen molar-refractivity contribution in [3.05, 3.63) is 30.0 Å². The highest BCUT2D eigenvalue weighted by molar-refractivity contribution is 5.81. The maximum absolute atomic E-state index is 9.29. The van der Waals surface area contributed by atoms with E-state index in [9.17, 15) is 5.11 Å². The average Bonchev–Trinajstić information content (AvgIpc) is 2.56. The zero-order chi connectivity index (χ0) is 9.97. The molecule has 0 saturated heterocycles. The second-order valence-corrected chi connectivity index (χ2v) is 3.35. The Hall–Kier alpha value is -1.48. The van der Waals surface area contributed by atoms with Gasteiger partial charge in [0.15, 0.2) is 0 Å². The van der Waals surface area contributed by atoms with Crippen molar-refractivity contribution in [1.29, 1.82) is 0 Å². The van der Waals surface area contributed by atoms with Crippen molar-refractivity contribution in [2.24, 2.45) is 0 Å². The molecule has 3 heteroatoms. The Balaban J connectivity index is 2.32. The third-order valence-electron chi connectivity index (χ3n) is 2.23. The minimum atomic E-state index is 0.312. The molecule has 0 saturated carbocycles. The van der Waals surface area contributed by atoms with Crippen molar-refractivity contribution in [2.45, 2.75) is 13.5 Å². The quantitative estimate of drug-likeness (QED) is 0.693. The number of benzene rings is 1. The number of hydrogen-bond acceptors (Lipinski definition) is 2. The largest absolute Gasteiger partial charge is 0.508 e. The zero-order valence-corrected chi connectivity index (χ0v) is 8.17. The number of phenolic OH excluding ortho intramolecular Hbond substituents is 1. The molecule has 14 heavy (non-hydrogen) atoms. The summed E-state index contributed by atoms with van der Waals surface area (Å²) in [6.07, 6.45) is 0. The second kappa shape index (κ2) is 3.72. The van der Waals surface area contributed by atoms with E-state index in [-0.39, 0.29) is 0 Å². The first-order valence-corrected chi connectivity index (χ1v) is 4.81. The minimum absolute atomic E-state index is 0.312. The molecule has 1 heterocycles. The first-order valence-electron chi connectivity index (χ1n) is 4.81. The van der Waals surface area contributed by atoms with Crippen molar-refractivity contribution in [3.63, 3.8) is 0 Å². The molecule has 0 fully saturated rings. The van der Waals surface area contributed by atoms with Gasteiger partial charge in [-0.05, 0) is 30.8 Å². The molecule has 2 aromatic rings. The highest BCUT2D eigenvalue weighted by Gasteiger charge is 2.00. The molecular formula is C11H14N2O. The first kappa shape index (κ1) is 9.09. The van der Waals surface area contributed by atoms with Crippen LogP contribution >= 0.6 is 0 Å². The molecule has 74 valence electrons. The Morgan fingerprint density at radius 3 is 3.00 bits per heavy atom. The molecule has 0 amide bonds. The van der Waals surface area contributed by atoms with Crippen LogP contribution in [0.1, 0.15) is 12.6 Å². The van der Waals surface area contributed by atoms with Crippen molar-refractivity contribution in [3.8, 4) is 5.75 Å². The Labute approximate surface area is 82.8 Å². The number of aromatic hydroxyl groups is 1. The Morgan fingerprint density at radius 1 is 1.36 bits per heavy atom. The lowest BCUT2D eigenvalue weighted by Gasteiger charge is -1.96. The number of aromatic nitrogens is 1. The van der Waals surface area contributed by atoms with Gasteiger partial charge in [-0.2, -0.15) is 0 Å². The van der Waals surface area contributed by atoms with Gasteiger partial charge >= 0.3 is 0 Å². The fourth-order valence-electron chi connectivity index (χ4n) is 1.54. The van der Waals surface area contributed by atoms with Crippen LogP contribution < -0.4 is 5.32 Å². The first-order chi connectivity index (χ1) is 6.79. The lowest BCUT2D eigenvalue weighted by Crippen LogP contribution is -2.11. The van der Waals surface area contributed by atoms with Crippen LogP contribution in [0.25, 0.3) is 10.9 Å². The van der Waals surface area contributed by atoms with E-state index in [1.54, 1.807) is 12.1 Å². The predicted molar refractivity (Wildman–Crippen MR) is 57.3 cm³/mol. The standard InChI is InChI=1S/C11H14N2O/c1-2-12-7-9-5-8-6-10(14)3-4-11(8)13-9/h3-6,12-14H,2,7H2,1H3. The number of phenols is 1. The number of rotatable bonds is 3. The van der Waals surface area contributed by atoms with Gasteiger partial charge in [-0.25, -0.2) is 0 Å². The van der Waals surface area contributed by atoms with Crippen molar-refractivity contribution < 1.29 is 5.11 Å². The number of fused-ring (bicyclic) bond motifs is 1. The summed E-state index contributed by atoms with van der Waals surface area (Å²) in [7, 11) is 0. The second-order valence-electron chi connectivity index (χ2n) is 3.35. The van der Waals surface area contributed by atoms with E-state index in [2.05, 4.69) is 23.3 Å². The molecule has 0 aliphatic carbocycles. The van der Waals surface area contributed by atoms with Gasteiger partial charge in [0.25, 0.3) is 0 Å². The molecule has 0 atom stereocenters. The van der Waals surface area contributed by atoms with E-state index in [0.717, 1.165) is 29.7 Å². The van der Waals surface area contributed by atoms with Gasteiger partial charge in [0.2, 0.25) is 0 Å². The Morgan fingerprint density at radius 2 is 2.21 bits per heavy atom. The Bertz CT molecular complexity index is 434. The smallest absolute Gasteiger partial charge is 0.116 e. The summed E-state index contributed by atoms with van der Waals surface area (Å²) in [6.45, 7) is 3.88. The molecule has 0 spiro atoms. The summed E-state index contributed by atoms with van der Waals surface area (Å²) < 4.78 is 0. The van der Waals surface area contributed by atoms with E-state index in [0.29, 0.717) is 5.75 Å². The van der Waals surface area contributed by atoms with Crippen LogP contribution in [0, 0.1) is 0 Å². The van der Waals surface area contributed by atoms with E-state index < -0.39 is 0 Å². The van der Waals surface area contributed by atoms with E-state index in [1.165, 1.54) is 0 Å². The zero-order valence-electron chi connectivity index (χ0n) is 8.17. The van der Waals surface area contributed by atoms with Crippen LogP contribution in [0.5, 0.6) is 5.75 Å². The topological polar surface area (TPSA) is 48.0 Å². The van der Waals surface area contributed by atoms with Crippen LogP contribution in [0.4, 0.5) is 0 Å². The van der Waals surface area contributed by atoms with E-state index >= 15 is 0 Å². The number of nitrogens with one attached hydrogen (secondary N) is 2.